The first-order valence-electron chi connectivity index (χ1n) is 8.36. The van der Waals surface area contributed by atoms with E-state index in [1.807, 2.05) is 18.2 Å². The largest absolute Gasteiger partial charge is 0.488 e. The van der Waals surface area contributed by atoms with Crippen molar-refractivity contribution >= 4 is 23.4 Å². The molecule has 3 aromatic carbocycles. The first kappa shape index (κ1) is 19.4. The molecule has 0 saturated carbocycles. The average Bonchev–Trinajstić information content (AvgIpc) is 2.72. The Morgan fingerprint density at radius 3 is 2.11 bits per heavy atom. The van der Waals surface area contributed by atoms with Crippen molar-refractivity contribution in [2.45, 2.75) is 6.61 Å². The van der Waals surface area contributed by atoms with E-state index in [1.54, 1.807) is 30.3 Å². The van der Waals surface area contributed by atoms with Gasteiger partial charge in [-0.25, -0.2) is 4.39 Å². The topological polar surface area (TPSA) is 67.4 Å². The lowest BCUT2D eigenvalue weighted by molar-refractivity contribution is 0.0841. The summed E-state index contributed by atoms with van der Waals surface area (Å²) < 4.78 is 19.4. The van der Waals surface area contributed by atoms with Crippen LogP contribution in [0, 0.1) is 5.82 Å². The second kappa shape index (κ2) is 9.01. The first-order chi connectivity index (χ1) is 13.6. The van der Waals surface area contributed by atoms with E-state index in [2.05, 4.69) is 10.9 Å². The molecule has 28 heavy (non-hydrogen) atoms. The molecule has 0 fully saturated rings. The van der Waals surface area contributed by atoms with Gasteiger partial charge in [-0.05, 0) is 30.3 Å². The summed E-state index contributed by atoms with van der Waals surface area (Å²) in [6.07, 6.45) is 0. The van der Waals surface area contributed by atoms with E-state index in [0.717, 1.165) is 11.6 Å². The van der Waals surface area contributed by atoms with Crippen LogP contribution in [0.1, 0.15) is 26.3 Å². The molecule has 2 N–H and O–H groups in total. The van der Waals surface area contributed by atoms with Crippen LogP contribution in [0.15, 0.2) is 72.8 Å². The minimum atomic E-state index is -0.763. The summed E-state index contributed by atoms with van der Waals surface area (Å²) in [5, 5.41) is 0.557. The number of halogens is 2. The van der Waals surface area contributed by atoms with E-state index in [0.29, 0.717) is 10.8 Å². The Hall–Kier alpha value is -3.38. The maximum atomic E-state index is 13.6. The maximum absolute atomic E-state index is 13.6. The monoisotopic (exact) mass is 398 g/mol. The van der Waals surface area contributed by atoms with Gasteiger partial charge in [0.25, 0.3) is 11.8 Å². The molecule has 0 radical (unpaired) electrons. The molecular weight excluding hydrogens is 383 g/mol. The number of para-hydroxylation sites is 1. The molecule has 0 aliphatic carbocycles. The number of amides is 2. The van der Waals surface area contributed by atoms with E-state index in [-0.39, 0.29) is 17.7 Å². The number of carbonyl (C=O) groups is 2. The second-order valence-corrected chi connectivity index (χ2v) is 6.17. The summed E-state index contributed by atoms with van der Waals surface area (Å²) in [5.74, 6) is -1.72. The van der Waals surface area contributed by atoms with Gasteiger partial charge in [0.05, 0.1) is 11.1 Å². The molecule has 142 valence electrons. The number of ether oxygens (including phenoxy) is 1. The fourth-order valence-electron chi connectivity index (χ4n) is 2.44. The van der Waals surface area contributed by atoms with Crippen molar-refractivity contribution in [2.24, 2.45) is 0 Å². The number of rotatable bonds is 5. The van der Waals surface area contributed by atoms with Gasteiger partial charge in [0.15, 0.2) is 0 Å². The lowest BCUT2D eigenvalue weighted by Crippen LogP contribution is -2.42. The van der Waals surface area contributed by atoms with Gasteiger partial charge >= 0.3 is 0 Å². The van der Waals surface area contributed by atoms with Gasteiger partial charge in [0, 0.05) is 10.6 Å². The molecule has 5 nitrogen and oxygen atoms in total. The molecule has 3 aromatic rings. The van der Waals surface area contributed by atoms with Gasteiger partial charge in [0.2, 0.25) is 0 Å². The third kappa shape index (κ3) is 4.66. The van der Waals surface area contributed by atoms with E-state index < -0.39 is 17.6 Å². The van der Waals surface area contributed by atoms with E-state index in [4.69, 9.17) is 16.3 Å². The summed E-state index contributed by atoms with van der Waals surface area (Å²) in [4.78, 5) is 24.5. The molecule has 0 unspecified atom stereocenters. The predicted molar refractivity (Wildman–Crippen MR) is 104 cm³/mol. The molecule has 0 aromatic heterocycles. The Morgan fingerprint density at radius 2 is 1.39 bits per heavy atom. The van der Waals surface area contributed by atoms with Crippen molar-refractivity contribution in [3.8, 4) is 5.75 Å². The van der Waals surface area contributed by atoms with Crippen LogP contribution in [0.4, 0.5) is 4.39 Å². The number of hydrazine groups is 1. The standard InChI is InChI=1S/C21H16ClFN2O3/c22-17-10-4-1-7-14(17)13-28-19-12-6-3-9-16(19)21(27)25-24-20(26)15-8-2-5-11-18(15)23/h1-12H,13H2,(H,24,26)(H,25,27). The summed E-state index contributed by atoms with van der Waals surface area (Å²) in [7, 11) is 0. The van der Waals surface area contributed by atoms with Crippen molar-refractivity contribution in [2.75, 3.05) is 0 Å². The highest BCUT2D eigenvalue weighted by Gasteiger charge is 2.15. The maximum Gasteiger partial charge on any atom is 0.273 e. The molecule has 0 heterocycles. The van der Waals surface area contributed by atoms with Crippen molar-refractivity contribution < 1.29 is 18.7 Å². The molecule has 3 rings (SSSR count). The van der Waals surface area contributed by atoms with Crippen LogP contribution in [0.3, 0.4) is 0 Å². The number of hydrogen-bond donors (Lipinski definition) is 2. The highest BCUT2D eigenvalue weighted by atomic mass is 35.5. The Kier molecular flexibility index (Phi) is 6.24. The van der Waals surface area contributed by atoms with E-state index in [9.17, 15) is 14.0 Å². The molecule has 0 atom stereocenters. The zero-order chi connectivity index (χ0) is 19.9. The van der Waals surface area contributed by atoms with Crippen molar-refractivity contribution in [1.82, 2.24) is 10.9 Å². The minimum Gasteiger partial charge on any atom is -0.488 e. The lowest BCUT2D eigenvalue weighted by atomic mass is 10.2. The normalized spacial score (nSPS) is 10.2. The minimum absolute atomic E-state index is 0.172. The van der Waals surface area contributed by atoms with Gasteiger partial charge in [0.1, 0.15) is 18.2 Å². The van der Waals surface area contributed by atoms with Gasteiger partial charge in [-0.3, -0.25) is 20.4 Å². The van der Waals surface area contributed by atoms with Crippen LogP contribution in [-0.4, -0.2) is 11.8 Å². The molecule has 0 bridgehead atoms. The Labute approximate surface area is 166 Å². The highest BCUT2D eigenvalue weighted by molar-refractivity contribution is 6.31. The Bertz CT molecular complexity index is 1010. The van der Waals surface area contributed by atoms with E-state index in [1.165, 1.54) is 18.2 Å². The van der Waals surface area contributed by atoms with Crippen LogP contribution in [-0.2, 0) is 6.61 Å². The molecule has 0 saturated heterocycles. The SMILES string of the molecule is O=C(NNC(=O)c1ccccc1OCc1ccccc1Cl)c1ccccc1F. The van der Waals surface area contributed by atoms with Crippen LogP contribution >= 0.6 is 11.6 Å². The molecule has 7 heteroatoms. The molecule has 2 amide bonds. The van der Waals surface area contributed by atoms with Crippen LogP contribution in [0.5, 0.6) is 5.75 Å². The Morgan fingerprint density at radius 1 is 0.821 bits per heavy atom. The Balaban J connectivity index is 1.66. The number of benzene rings is 3. The van der Waals surface area contributed by atoms with Crippen molar-refractivity contribution in [3.63, 3.8) is 0 Å². The summed E-state index contributed by atoms with van der Waals surface area (Å²) in [6, 6.07) is 19.2. The summed E-state index contributed by atoms with van der Waals surface area (Å²) in [6.45, 7) is 0.172. The second-order valence-electron chi connectivity index (χ2n) is 5.76. The molecule has 0 spiro atoms. The molecular formula is C21H16ClFN2O3. The number of hydrogen-bond acceptors (Lipinski definition) is 3. The van der Waals surface area contributed by atoms with Gasteiger partial charge in [-0.2, -0.15) is 0 Å². The molecule has 0 aliphatic rings. The summed E-state index contributed by atoms with van der Waals surface area (Å²) >= 11 is 6.11. The van der Waals surface area contributed by atoms with E-state index >= 15 is 0 Å². The third-order valence-electron chi connectivity index (χ3n) is 3.88. The average molecular weight is 399 g/mol. The van der Waals surface area contributed by atoms with Gasteiger partial charge < -0.3 is 4.74 Å². The van der Waals surface area contributed by atoms with Crippen LogP contribution < -0.4 is 15.6 Å². The van der Waals surface area contributed by atoms with Crippen molar-refractivity contribution in [3.05, 3.63) is 100 Å². The quantitative estimate of drug-likeness (QED) is 0.635. The lowest BCUT2D eigenvalue weighted by Gasteiger charge is -2.13. The van der Waals surface area contributed by atoms with Gasteiger partial charge in [-0.1, -0.05) is 54.1 Å². The predicted octanol–water partition coefficient (Wildman–Crippen LogP) is 4.13. The molecule has 0 aliphatic heterocycles. The summed E-state index contributed by atoms with van der Waals surface area (Å²) in [5.41, 5.74) is 5.26. The zero-order valence-corrected chi connectivity index (χ0v) is 15.4. The van der Waals surface area contributed by atoms with Gasteiger partial charge in [-0.15, -0.1) is 0 Å². The van der Waals surface area contributed by atoms with Crippen LogP contribution in [0.25, 0.3) is 0 Å². The zero-order valence-electron chi connectivity index (χ0n) is 14.6. The number of carbonyl (C=O) groups excluding carboxylic acids is 2. The third-order valence-corrected chi connectivity index (χ3v) is 4.25. The first-order valence-corrected chi connectivity index (χ1v) is 8.74. The van der Waals surface area contributed by atoms with Crippen LogP contribution in [0.2, 0.25) is 5.02 Å². The fourth-order valence-corrected chi connectivity index (χ4v) is 2.63. The fraction of sp³-hybridized carbons (Fsp3) is 0.0476. The van der Waals surface area contributed by atoms with Crippen molar-refractivity contribution in [1.29, 1.82) is 0 Å². The smallest absolute Gasteiger partial charge is 0.273 e. The number of nitrogens with one attached hydrogen (secondary N) is 2. The highest BCUT2D eigenvalue weighted by Crippen LogP contribution is 2.22.